The Morgan fingerprint density at radius 2 is 2.18 bits per heavy atom. The van der Waals surface area contributed by atoms with Crippen LogP contribution in [0.5, 0.6) is 0 Å². The molecule has 0 N–H and O–H groups in total. The van der Waals surface area contributed by atoms with Crippen LogP contribution in [0.15, 0.2) is 0 Å². The molecule has 3 nitrogen and oxygen atoms in total. The lowest BCUT2D eigenvalue weighted by atomic mass is 9.85. The number of fused-ring (bicyclic) bond motifs is 1. The molecule has 0 aromatic heterocycles. The van der Waals surface area contributed by atoms with E-state index >= 15 is 0 Å². The molecule has 62 valence electrons. The van der Waals surface area contributed by atoms with Gasteiger partial charge in [-0.05, 0) is 12.8 Å². The first-order valence-corrected chi connectivity index (χ1v) is 4.23. The highest BCUT2D eigenvalue weighted by Gasteiger charge is 2.42. The van der Waals surface area contributed by atoms with Gasteiger partial charge in [0.15, 0.2) is 0 Å². The summed E-state index contributed by atoms with van der Waals surface area (Å²) in [5.74, 6) is 0.158. The van der Waals surface area contributed by atoms with Gasteiger partial charge in [0.2, 0.25) is 0 Å². The van der Waals surface area contributed by atoms with Crippen LogP contribution in [-0.4, -0.2) is 24.1 Å². The van der Waals surface area contributed by atoms with E-state index in [1.807, 2.05) is 7.05 Å². The molecule has 0 radical (unpaired) electrons. The molecule has 2 unspecified atom stereocenters. The Kier molecular flexibility index (Phi) is 1.60. The van der Waals surface area contributed by atoms with Gasteiger partial charge in [-0.1, -0.05) is 12.8 Å². The van der Waals surface area contributed by atoms with Crippen molar-refractivity contribution in [2.24, 2.45) is 5.92 Å². The van der Waals surface area contributed by atoms with Crippen LogP contribution < -0.4 is 0 Å². The summed E-state index contributed by atoms with van der Waals surface area (Å²) in [6.07, 6.45) is 4.56. The molecule has 2 rings (SSSR count). The summed E-state index contributed by atoms with van der Waals surface area (Å²) >= 11 is 0. The number of carbonyl (C=O) groups excluding carboxylic acids is 1. The monoisotopic (exact) mass is 155 g/mol. The van der Waals surface area contributed by atoms with E-state index in [9.17, 15) is 4.79 Å². The Balaban J connectivity index is 2.13. The van der Waals surface area contributed by atoms with Gasteiger partial charge in [0, 0.05) is 7.05 Å². The van der Waals surface area contributed by atoms with E-state index in [0.29, 0.717) is 6.04 Å². The van der Waals surface area contributed by atoms with Crippen molar-refractivity contribution in [2.45, 2.75) is 31.7 Å². The molecule has 0 bridgehead atoms. The highest BCUT2D eigenvalue weighted by atomic mass is 16.7. The van der Waals surface area contributed by atoms with E-state index in [0.717, 1.165) is 12.8 Å². The normalized spacial score (nSPS) is 38.5. The van der Waals surface area contributed by atoms with E-state index in [1.54, 1.807) is 5.06 Å². The van der Waals surface area contributed by atoms with Crippen LogP contribution in [0.2, 0.25) is 0 Å². The number of hydroxylamine groups is 2. The number of hydrogen-bond donors (Lipinski definition) is 0. The minimum absolute atomic E-state index is 0.0165. The summed E-state index contributed by atoms with van der Waals surface area (Å²) in [4.78, 5) is 16.2. The predicted molar refractivity (Wildman–Crippen MR) is 39.6 cm³/mol. The zero-order valence-corrected chi connectivity index (χ0v) is 6.75. The largest absolute Gasteiger partial charge is 0.368 e. The third-order valence-corrected chi connectivity index (χ3v) is 2.73. The zero-order chi connectivity index (χ0) is 7.84. The summed E-state index contributed by atoms with van der Waals surface area (Å²) in [7, 11) is 1.86. The van der Waals surface area contributed by atoms with Crippen LogP contribution in [0, 0.1) is 5.92 Å². The maximum atomic E-state index is 11.2. The summed E-state index contributed by atoms with van der Waals surface area (Å²) < 4.78 is 0. The minimum Gasteiger partial charge on any atom is -0.368 e. The van der Waals surface area contributed by atoms with Gasteiger partial charge >= 0.3 is 5.97 Å². The van der Waals surface area contributed by atoms with Crippen molar-refractivity contribution in [3.63, 3.8) is 0 Å². The number of carbonyl (C=O) groups is 1. The lowest BCUT2D eigenvalue weighted by molar-refractivity contribution is -0.169. The van der Waals surface area contributed by atoms with E-state index in [1.165, 1.54) is 12.8 Å². The molecular weight excluding hydrogens is 142 g/mol. The summed E-state index contributed by atoms with van der Waals surface area (Å²) in [6, 6.07) is 0.372. The average molecular weight is 155 g/mol. The topological polar surface area (TPSA) is 29.5 Å². The summed E-state index contributed by atoms with van der Waals surface area (Å²) in [5.41, 5.74) is 0. The van der Waals surface area contributed by atoms with Gasteiger partial charge in [-0.2, -0.15) is 0 Å². The molecule has 1 saturated heterocycles. The third-order valence-electron chi connectivity index (χ3n) is 2.73. The fraction of sp³-hybridized carbons (Fsp3) is 0.875. The molecule has 2 atom stereocenters. The van der Waals surface area contributed by atoms with Gasteiger partial charge in [0.25, 0.3) is 0 Å². The van der Waals surface area contributed by atoms with E-state index in [2.05, 4.69) is 0 Å². The van der Waals surface area contributed by atoms with Crippen molar-refractivity contribution in [2.75, 3.05) is 7.05 Å². The van der Waals surface area contributed by atoms with Crippen molar-refractivity contribution >= 4 is 5.97 Å². The molecule has 11 heavy (non-hydrogen) atoms. The van der Waals surface area contributed by atoms with Crippen molar-refractivity contribution in [1.29, 1.82) is 0 Å². The lowest BCUT2D eigenvalue weighted by Gasteiger charge is -2.23. The van der Waals surface area contributed by atoms with Crippen molar-refractivity contribution in [3.05, 3.63) is 0 Å². The van der Waals surface area contributed by atoms with Crippen molar-refractivity contribution in [1.82, 2.24) is 5.06 Å². The first-order valence-electron chi connectivity index (χ1n) is 4.23. The first kappa shape index (κ1) is 7.10. The fourth-order valence-corrected chi connectivity index (χ4v) is 2.10. The van der Waals surface area contributed by atoms with Crippen LogP contribution in [0.3, 0.4) is 0 Å². The van der Waals surface area contributed by atoms with Crippen LogP contribution in [0.25, 0.3) is 0 Å². The number of nitrogens with zero attached hydrogens (tertiary/aromatic N) is 1. The minimum atomic E-state index is -0.0165. The quantitative estimate of drug-likeness (QED) is 0.521. The Morgan fingerprint density at radius 3 is 2.91 bits per heavy atom. The number of hydrogen-bond acceptors (Lipinski definition) is 3. The molecule has 1 saturated carbocycles. The van der Waals surface area contributed by atoms with Gasteiger partial charge in [0.05, 0.1) is 12.0 Å². The van der Waals surface area contributed by atoms with Gasteiger partial charge in [-0.3, -0.25) is 0 Å². The molecule has 1 aliphatic carbocycles. The SMILES string of the molecule is CN1OC(=O)C2CCCCC21. The molecule has 1 aliphatic heterocycles. The van der Waals surface area contributed by atoms with Gasteiger partial charge in [0.1, 0.15) is 0 Å². The van der Waals surface area contributed by atoms with Crippen molar-refractivity contribution in [3.8, 4) is 0 Å². The van der Waals surface area contributed by atoms with E-state index in [-0.39, 0.29) is 11.9 Å². The molecule has 3 heteroatoms. The Hall–Kier alpha value is -0.570. The maximum absolute atomic E-state index is 11.2. The van der Waals surface area contributed by atoms with Gasteiger partial charge in [-0.25, -0.2) is 4.79 Å². The van der Waals surface area contributed by atoms with E-state index < -0.39 is 0 Å². The number of rotatable bonds is 0. The zero-order valence-electron chi connectivity index (χ0n) is 6.75. The fourth-order valence-electron chi connectivity index (χ4n) is 2.10. The molecular formula is C8H13NO2. The smallest absolute Gasteiger partial charge is 0.329 e. The van der Waals surface area contributed by atoms with E-state index in [4.69, 9.17) is 4.84 Å². The second-order valence-corrected chi connectivity index (χ2v) is 3.41. The highest BCUT2D eigenvalue weighted by molar-refractivity contribution is 5.74. The molecule has 2 fully saturated rings. The highest BCUT2D eigenvalue weighted by Crippen LogP contribution is 2.33. The summed E-state index contributed by atoms with van der Waals surface area (Å²) in [6.45, 7) is 0. The maximum Gasteiger partial charge on any atom is 0.329 e. The molecule has 0 aromatic carbocycles. The van der Waals surface area contributed by atoms with Crippen LogP contribution in [0.4, 0.5) is 0 Å². The summed E-state index contributed by atoms with van der Waals surface area (Å²) in [5, 5.41) is 1.73. The molecule has 2 aliphatic rings. The molecule has 0 spiro atoms. The molecule has 0 aromatic rings. The second kappa shape index (κ2) is 2.48. The van der Waals surface area contributed by atoms with Gasteiger partial charge in [-0.15, -0.1) is 5.06 Å². The second-order valence-electron chi connectivity index (χ2n) is 3.41. The Bertz CT molecular complexity index is 181. The average Bonchev–Trinajstić information content (AvgIpc) is 2.30. The first-order chi connectivity index (χ1) is 5.29. The Morgan fingerprint density at radius 1 is 1.45 bits per heavy atom. The van der Waals surface area contributed by atoms with Crippen LogP contribution >= 0.6 is 0 Å². The standard InChI is InChI=1S/C8H13NO2/c1-9-7-5-3-2-4-6(7)8(10)11-9/h6-7H,2-5H2,1H3. The van der Waals surface area contributed by atoms with Crippen LogP contribution in [0.1, 0.15) is 25.7 Å². The molecule has 1 heterocycles. The lowest BCUT2D eigenvalue weighted by Crippen LogP contribution is -2.31. The third kappa shape index (κ3) is 1.03. The van der Waals surface area contributed by atoms with Crippen molar-refractivity contribution < 1.29 is 9.63 Å². The van der Waals surface area contributed by atoms with Crippen LogP contribution in [-0.2, 0) is 9.63 Å². The Labute approximate surface area is 66.3 Å². The predicted octanol–water partition coefficient (Wildman–Crippen LogP) is 0.949. The van der Waals surface area contributed by atoms with Gasteiger partial charge < -0.3 is 4.84 Å². The molecule has 0 amide bonds.